The molecular formula is C21H20FN5O2S. The van der Waals surface area contributed by atoms with Crippen LogP contribution in [0.25, 0.3) is 11.1 Å². The van der Waals surface area contributed by atoms with E-state index in [1.165, 1.54) is 29.5 Å². The largest absolute Gasteiger partial charge is 0.398 e. The number of nitrogens with two attached hydrogens (primary N) is 2. The number of aromatic nitrogens is 1. The van der Waals surface area contributed by atoms with Crippen molar-refractivity contribution in [3.05, 3.63) is 69.4 Å². The maximum Gasteiger partial charge on any atom is 0.318 e. The minimum Gasteiger partial charge on any atom is -0.398 e. The number of hydrogen-bond acceptors (Lipinski definition) is 5. The van der Waals surface area contributed by atoms with Gasteiger partial charge >= 0.3 is 6.03 Å². The third-order valence-corrected chi connectivity index (χ3v) is 6.25. The first-order valence-corrected chi connectivity index (χ1v) is 10.2. The Balaban J connectivity index is 1.59. The fraction of sp³-hybridized carbons (Fsp3) is 0.190. The van der Waals surface area contributed by atoms with E-state index in [2.05, 4.69) is 10.3 Å². The van der Waals surface area contributed by atoms with Crippen LogP contribution in [0.5, 0.6) is 0 Å². The van der Waals surface area contributed by atoms with Crippen LogP contribution >= 0.6 is 11.3 Å². The molecule has 0 spiro atoms. The molecule has 7 nitrogen and oxygen atoms in total. The lowest BCUT2D eigenvalue weighted by atomic mass is 9.94. The number of fused-ring (bicyclic) bond motifs is 1. The number of nitrogens with one attached hydrogen (secondary N) is 1. The van der Waals surface area contributed by atoms with Gasteiger partial charge in [0.2, 0.25) is 0 Å². The number of carbonyl (C=O) groups is 2. The molecule has 154 valence electrons. The lowest BCUT2D eigenvalue weighted by molar-refractivity contribution is 0.100. The number of benzene rings is 1. The Morgan fingerprint density at radius 1 is 1.30 bits per heavy atom. The van der Waals surface area contributed by atoms with Gasteiger partial charge < -0.3 is 21.7 Å². The van der Waals surface area contributed by atoms with Gasteiger partial charge in [-0.2, -0.15) is 0 Å². The van der Waals surface area contributed by atoms with Crippen LogP contribution in [0.4, 0.5) is 14.9 Å². The van der Waals surface area contributed by atoms with Gasteiger partial charge in [-0.15, -0.1) is 11.3 Å². The van der Waals surface area contributed by atoms with E-state index in [1.54, 1.807) is 17.3 Å². The molecule has 5 N–H and O–H groups in total. The monoisotopic (exact) mass is 425 g/mol. The smallest absolute Gasteiger partial charge is 0.318 e. The molecule has 30 heavy (non-hydrogen) atoms. The third-order valence-electron chi connectivity index (χ3n) is 5.02. The Morgan fingerprint density at radius 2 is 2.13 bits per heavy atom. The number of halogens is 1. The van der Waals surface area contributed by atoms with Crippen molar-refractivity contribution in [1.82, 2.24) is 15.2 Å². The molecule has 0 saturated carbocycles. The Labute approximate surface area is 176 Å². The summed E-state index contributed by atoms with van der Waals surface area (Å²) in [5.74, 6) is -1.04. The summed E-state index contributed by atoms with van der Waals surface area (Å²) in [5, 5.41) is 2.88. The van der Waals surface area contributed by atoms with Crippen LogP contribution in [-0.2, 0) is 19.5 Å². The topological polar surface area (TPSA) is 114 Å². The maximum absolute atomic E-state index is 13.9. The number of pyridine rings is 1. The number of nitrogen functional groups attached to an aromatic ring is 1. The van der Waals surface area contributed by atoms with E-state index in [-0.39, 0.29) is 6.03 Å². The number of amides is 3. The second kappa shape index (κ2) is 8.11. The predicted molar refractivity (Wildman–Crippen MR) is 113 cm³/mol. The number of rotatable bonds is 4. The molecule has 0 radical (unpaired) electrons. The van der Waals surface area contributed by atoms with E-state index in [1.807, 2.05) is 12.1 Å². The number of anilines is 1. The highest BCUT2D eigenvalue weighted by molar-refractivity contribution is 7.14. The van der Waals surface area contributed by atoms with Crippen LogP contribution in [0.2, 0.25) is 0 Å². The first-order chi connectivity index (χ1) is 14.4. The minimum atomic E-state index is -0.597. The van der Waals surface area contributed by atoms with Crippen molar-refractivity contribution in [1.29, 1.82) is 0 Å². The number of primary amides is 1. The zero-order valence-corrected chi connectivity index (χ0v) is 16.8. The summed E-state index contributed by atoms with van der Waals surface area (Å²) in [6.07, 6.45) is 3.89. The fourth-order valence-corrected chi connectivity index (χ4v) is 4.80. The highest BCUT2D eigenvalue weighted by atomic mass is 32.1. The number of thiophene rings is 1. The second-order valence-corrected chi connectivity index (χ2v) is 8.10. The van der Waals surface area contributed by atoms with Gasteiger partial charge in [-0.3, -0.25) is 9.78 Å². The highest BCUT2D eigenvalue weighted by Crippen LogP contribution is 2.41. The van der Waals surface area contributed by atoms with Crippen molar-refractivity contribution in [2.75, 3.05) is 12.3 Å². The predicted octanol–water partition coefficient (Wildman–Crippen LogP) is 2.90. The zero-order chi connectivity index (χ0) is 21.3. The summed E-state index contributed by atoms with van der Waals surface area (Å²) in [6.45, 7) is 1.18. The van der Waals surface area contributed by atoms with Gasteiger partial charge in [0.25, 0.3) is 5.91 Å². The summed E-state index contributed by atoms with van der Waals surface area (Å²) in [4.78, 5) is 31.6. The summed E-state index contributed by atoms with van der Waals surface area (Å²) in [7, 11) is 0. The van der Waals surface area contributed by atoms with Gasteiger partial charge in [0, 0.05) is 47.2 Å². The van der Waals surface area contributed by atoms with Gasteiger partial charge in [-0.1, -0.05) is 6.07 Å². The molecule has 1 aliphatic rings. The van der Waals surface area contributed by atoms with Crippen LogP contribution in [0, 0.1) is 5.82 Å². The zero-order valence-electron chi connectivity index (χ0n) is 16.0. The maximum atomic E-state index is 13.9. The highest BCUT2D eigenvalue weighted by Gasteiger charge is 2.29. The fourth-order valence-electron chi connectivity index (χ4n) is 3.57. The summed E-state index contributed by atoms with van der Waals surface area (Å²) in [6, 6.07) is 7.56. The Hall–Kier alpha value is -3.46. The molecule has 0 fully saturated rings. The van der Waals surface area contributed by atoms with Crippen LogP contribution in [0.1, 0.15) is 25.7 Å². The molecule has 2 aromatic heterocycles. The van der Waals surface area contributed by atoms with E-state index in [4.69, 9.17) is 11.5 Å². The third kappa shape index (κ3) is 3.84. The second-order valence-electron chi connectivity index (χ2n) is 7.00. The molecular weight excluding hydrogens is 405 g/mol. The van der Waals surface area contributed by atoms with E-state index < -0.39 is 11.7 Å². The lowest BCUT2D eigenvalue weighted by Gasteiger charge is -2.27. The molecule has 1 aromatic carbocycles. The molecule has 1 aliphatic heterocycles. The quantitative estimate of drug-likeness (QED) is 0.558. The average molecular weight is 425 g/mol. The van der Waals surface area contributed by atoms with Gasteiger partial charge in [-0.05, 0) is 41.8 Å². The molecule has 0 saturated heterocycles. The molecule has 0 unspecified atom stereocenters. The molecule has 9 heteroatoms. The normalized spacial score (nSPS) is 13.0. The summed E-state index contributed by atoms with van der Waals surface area (Å²) >= 11 is 1.23. The first-order valence-electron chi connectivity index (χ1n) is 9.35. The minimum absolute atomic E-state index is 0.203. The molecule has 0 bridgehead atoms. The number of carbonyl (C=O) groups excluding carboxylic acids is 2. The van der Waals surface area contributed by atoms with Crippen molar-refractivity contribution < 1.29 is 14.0 Å². The molecule has 3 heterocycles. The van der Waals surface area contributed by atoms with Gasteiger partial charge in [0.05, 0.1) is 6.54 Å². The van der Waals surface area contributed by atoms with Crippen molar-refractivity contribution in [3.63, 3.8) is 0 Å². The number of nitrogens with zero attached hydrogens (tertiary/aromatic N) is 2. The molecule has 3 aromatic rings. The SMILES string of the molecule is NC(=O)c1sc2c(c1-c1cc(F)ccc1N)CCN(C(=O)NCc1cccnc1)C2. The number of hydrogen-bond donors (Lipinski definition) is 3. The Kier molecular flexibility index (Phi) is 5.37. The first kappa shape index (κ1) is 19.8. The van der Waals surface area contributed by atoms with Crippen molar-refractivity contribution in [2.24, 2.45) is 5.73 Å². The lowest BCUT2D eigenvalue weighted by Crippen LogP contribution is -2.42. The molecule has 3 amide bonds. The van der Waals surface area contributed by atoms with Crippen LogP contribution in [-0.4, -0.2) is 28.4 Å². The van der Waals surface area contributed by atoms with E-state index in [9.17, 15) is 14.0 Å². The molecule has 0 atom stereocenters. The van der Waals surface area contributed by atoms with Gasteiger partial charge in [0.1, 0.15) is 10.7 Å². The van der Waals surface area contributed by atoms with Crippen LogP contribution in [0.3, 0.4) is 0 Å². The number of urea groups is 1. The van der Waals surface area contributed by atoms with E-state index in [0.29, 0.717) is 47.7 Å². The van der Waals surface area contributed by atoms with Gasteiger partial charge in [0.15, 0.2) is 0 Å². The Bertz CT molecular complexity index is 1120. The van der Waals surface area contributed by atoms with Gasteiger partial charge in [-0.25, -0.2) is 9.18 Å². The average Bonchev–Trinajstić information content (AvgIpc) is 3.13. The van der Waals surface area contributed by atoms with Crippen molar-refractivity contribution in [2.45, 2.75) is 19.5 Å². The van der Waals surface area contributed by atoms with E-state index in [0.717, 1.165) is 16.0 Å². The van der Waals surface area contributed by atoms with Crippen LogP contribution in [0.15, 0.2) is 42.7 Å². The Morgan fingerprint density at radius 3 is 2.87 bits per heavy atom. The van der Waals surface area contributed by atoms with E-state index >= 15 is 0 Å². The molecule has 0 aliphatic carbocycles. The molecule has 4 rings (SSSR count). The van der Waals surface area contributed by atoms with Crippen molar-refractivity contribution in [3.8, 4) is 11.1 Å². The standard InChI is InChI=1S/C21H20FN5O2S/c22-13-3-4-16(23)15(8-13)18-14-5-7-27(11-17(14)30-19(18)20(24)28)21(29)26-10-12-2-1-6-25-9-12/h1-4,6,8-9H,5,7,10-11,23H2,(H2,24,28)(H,26,29). The summed E-state index contributed by atoms with van der Waals surface area (Å²) < 4.78 is 13.9. The van der Waals surface area contributed by atoms with Crippen molar-refractivity contribution >= 4 is 29.0 Å². The summed E-state index contributed by atoms with van der Waals surface area (Å²) in [5.41, 5.74) is 14.9. The van der Waals surface area contributed by atoms with Crippen LogP contribution < -0.4 is 16.8 Å².